The zero-order valence-electron chi connectivity index (χ0n) is 27.4. The molecule has 0 aromatic heterocycles. The van der Waals surface area contributed by atoms with Crippen LogP contribution in [0.25, 0.3) is 17.5 Å². The Morgan fingerprint density at radius 1 is 1.14 bits per heavy atom. The van der Waals surface area contributed by atoms with E-state index in [0.29, 0.717) is 32.7 Å². The molecule has 234 valence electrons. The van der Waals surface area contributed by atoms with Crippen LogP contribution < -0.4 is 21.5 Å². The molecule has 7 nitrogen and oxygen atoms in total. The number of nitrogens with zero attached hydrogens (tertiary/aromatic N) is 3. The van der Waals surface area contributed by atoms with E-state index in [9.17, 15) is 4.79 Å². The number of carbonyl (C=O) groups excluding carboxylic acids is 1. The van der Waals surface area contributed by atoms with Crippen LogP contribution in [-0.2, 0) is 9.53 Å². The molecule has 3 rings (SSSR count). The molecule has 44 heavy (non-hydrogen) atoms. The Bertz CT molecular complexity index is 1540. The first kappa shape index (κ1) is 34.3. The van der Waals surface area contributed by atoms with E-state index in [1.807, 2.05) is 33.1 Å². The van der Waals surface area contributed by atoms with E-state index >= 15 is 0 Å². The first-order valence-electron chi connectivity index (χ1n) is 15.3. The van der Waals surface area contributed by atoms with Crippen LogP contribution in [0.5, 0.6) is 0 Å². The van der Waals surface area contributed by atoms with Gasteiger partial charge in [-0.05, 0) is 60.6 Å². The molecule has 7 heteroatoms. The van der Waals surface area contributed by atoms with E-state index in [2.05, 4.69) is 97.5 Å². The Kier molecular flexibility index (Phi) is 12.9. The summed E-state index contributed by atoms with van der Waals surface area (Å²) < 4.78 is 6.02. The fourth-order valence-electron chi connectivity index (χ4n) is 4.96. The molecule has 1 heterocycles. The summed E-state index contributed by atoms with van der Waals surface area (Å²) in [4.78, 5) is 23.6. The van der Waals surface area contributed by atoms with Gasteiger partial charge in [0.15, 0.2) is 0 Å². The van der Waals surface area contributed by atoms with Gasteiger partial charge in [0, 0.05) is 48.2 Å². The average molecular weight is 596 g/mol. The summed E-state index contributed by atoms with van der Waals surface area (Å²) in [6.45, 7) is 17.2. The van der Waals surface area contributed by atoms with E-state index in [-0.39, 0.29) is 11.5 Å². The summed E-state index contributed by atoms with van der Waals surface area (Å²) >= 11 is 0. The minimum absolute atomic E-state index is 0.0287. The van der Waals surface area contributed by atoms with Crippen molar-refractivity contribution < 1.29 is 9.53 Å². The van der Waals surface area contributed by atoms with Crippen LogP contribution in [0, 0.1) is 5.41 Å². The van der Waals surface area contributed by atoms with Crippen molar-refractivity contribution in [3.8, 4) is 0 Å². The lowest BCUT2D eigenvalue weighted by Crippen LogP contribution is -2.42. The van der Waals surface area contributed by atoms with Gasteiger partial charge in [-0.1, -0.05) is 87.9 Å². The van der Waals surface area contributed by atoms with Crippen LogP contribution in [0.3, 0.4) is 0 Å². The van der Waals surface area contributed by atoms with Gasteiger partial charge in [0.25, 0.3) is 0 Å². The number of amides is 1. The van der Waals surface area contributed by atoms with Crippen molar-refractivity contribution in [3.05, 3.63) is 99.7 Å². The molecule has 1 fully saturated rings. The van der Waals surface area contributed by atoms with Gasteiger partial charge in [0.2, 0.25) is 6.41 Å². The predicted octanol–water partition coefficient (Wildman–Crippen LogP) is 5.49. The third-order valence-corrected chi connectivity index (χ3v) is 7.05. The average Bonchev–Trinajstić information content (AvgIpc) is 3.00. The second-order valence-electron chi connectivity index (χ2n) is 12.4. The Morgan fingerprint density at radius 3 is 2.52 bits per heavy atom. The molecule has 0 radical (unpaired) electrons. The number of benzene rings is 2. The summed E-state index contributed by atoms with van der Waals surface area (Å²) in [6.07, 6.45) is 11.0. The van der Waals surface area contributed by atoms with Crippen molar-refractivity contribution in [3.63, 3.8) is 0 Å². The van der Waals surface area contributed by atoms with Crippen LogP contribution in [0.2, 0.25) is 0 Å². The molecule has 2 aromatic rings. The lowest BCUT2D eigenvalue weighted by atomic mass is 9.97. The summed E-state index contributed by atoms with van der Waals surface area (Å²) in [7, 11) is 0. The summed E-state index contributed by atoms with van der Waals surface area (Å²) in [5.41, 5.74) is 11.9. The second-order valence-corrected chi connectivity index (χ2v) is 12.4. The van der Waals surface area contributed by atoms with Gasteiger partial charge in [-0.15, -0.1) is 0 Å². The smallest absolute Gasteiger partial charge is 0.211 e. The molecule has 1 atom stereocenters. The van der Waals surface area contributed by atoms with Gasteiger partial charge in [-0.25, -0.2) is 4.99 Å². The van der Waals surface area contributed by atoms with E-state index in [0.717, 1.165) is 56.2 Å². The first-order valence-corrected chi connectivity index (χ1v) is 15.3. The molecule has 0 saturated carbocycles. The SMILES string of the molecule is CC\C=c1/ccc(/C(C=C(C)C)=C/NC=O)c/c1=C(/N=C(C)/C(C=NCC(C)(C)C)=C/N)N1CCOCC1c1ccccc1. The molecular weight excluding hydrogens is 546 g/mol. The molecule has 2 aromatic carbocycles. The first-order chi connectivity index (χ1) is 21.1. The minimum atomic E-state index is -0.0287. The fraction of sp³-hybridized carbons (Fsp3) is 0.378. The van der Waals surface area contributed by atoms with E-state index < -0.39 is 0 Å². The number of hydrogen-bond acceptors (Lipinski definition) is 6. The summed E-state index contributed by atoms with van der Waals surface area (Å²) in [6, 6.07) is 16.8. The second kappa shape index (κ2) is 16.6. The van der Waals surface area contributed by atoms with E-state index in [1.54, 1.807) is 12.4 Å². The zero-order valence-corrected chi connectivity index (χ0v) is 27.4. The van der Waals surface area contributed by atoms with Crippen molar-refractivity contribution in [2.24, 2.45) is 21.1 Å². The van der Waals surface area contributed by atoms with Crippen molar-refractivity contribution in [1.82, 2.24) is 10.2 Å². The molecule has 0 bridgehead atoms. The third-order valence-electron chi connectivity index (χ3n) is 7.05. The van der Waals surface area contributed by atoms with Crippen molar-refractivity contribution in [2.45, 2.75) is 60.9 Å². The molecule has 1 amide bonds. The number of morpholine rings is 1. The highest BCUT2D eigenvalue weighted by molar-refractivity contribution is 6.15. The van der Waals surface area contributed by atoms with Gasteiger partial charge < -0.3 is 20.7 Å². The highest BCUT2D eigenvalue weighted by atomic mass is 16.5. The topological polar surface area (TPSA) is 92.3 Å². The largest absolute Gasteiger partial charge is 0.404 e. The van der Waals surface area contributed by atoms with Crippen LogP contribution in [0.15, 0.2) is 88.1 Å². The fourth-order valence-corrected chi connectivity index (χ4v) is 4.96. The van der Waals surface area contributed by atoms with Crippen molar-refractivity contribution in [2.75, 3.05) is 26.3 Å². The van der Waals surface area contributed by atoms with Gasteiger partial charge >= 0.3 is 0 Å². The Balaban J connectivity index is 2.39. The van der Waals surface area contributed by atoms with Gasteiger partial charge in [-0.2, -0.15) is 0 Å². The Morgan fingerprint density at radius 2 is 1.89 bits per heavy atom. The summed E-state index contributed by atoms with van der Waals surface area (Å²) in [5, 5.41) is 4.80. The van der Waals surface area contributed by atoms with Crippen LogP contribution in [-0.4, -0.2) is 49.5 Å². The molecule has 1 aliphatic rings. The molecule has 3 N–H and O–H groups in total. The van der Waals surface area contributed by atoms with Crippen LogP contribution in [0.1, 0.15) is 72.1 Å². The standard InChI is InChI=1S/C37H49N5O2/c1-8-12-29-15-16-31(32(19-27(2)3)22-40-26-43)20-34(29)36(41-28(4)33(21-38)23-39-25-37(5,6)7)42-17-18-44-24-35(42)30-13-10-9-11-14-30/h9-16,19-23,26,35H,8,17-18,24-25,38H2,1-7H3,(H,40,43)/b29-12+,32-22+,33-21+,36-34+,39-23?,41-28+. The Hall–Kier alpha value is -4.23. The molecule has 0 spiro atoms. The van der Waals surface area contributed by atoms with Gasteiger partial charge in [0.1, 0.15) is 5.82 Å². The number of nitrogens with two attached hydrogens (primary N) is 1. The number of allylic oxidation sites excluding steroid dienone is 4. The summed E-state index contributed by atoms with van der Waals surface area (Å²) in [5.74, 6) is 0.838. The number of ether oxygens (including phenoxy) is 1. The Labute approximate surface area is 263 Å². The lowest BCUT2D eigenvalue weighted by molar-refractivity contribution is -0.108. The lowest BCUT2D eigenvalue weighted by Gasteiger charge is -2.38. The molecule has 1 saturated heterocycles. The van der Waals surface area contributed by atoms with E-state index in [1.165, 1.54) is 0 Å². The maximum absolute atomic E-state index is 11.2. The number of aliphatic imine (C=N–C) groups is 2. The van der Waals surface area contributed by atoms with Gasteiger partial charge in [-0.3, -0.25) is 9.79 Å². The quantitative estimate of drug-likeness (QED) is 0.204. The highest BCUT2D eigenvalue weighted by Crippen LogP contribution is 2.29. The van der Waals surface area contributed by atoms with E-state index in [4.69, 9.17) is 15.5 Å². The highest BCUT2D eigenvalue weighted by Gasteiger charge is 2.27. The normalized spacial score (nSPS) is 18.0. The zero-order chi connectivity index (χ0) is 32.1. The molecule has 0 aliphatic carbocycles. The monoisotopic (exact) mass is 595 g/mol. The predicted molar refractivity (Wildman–Crippen MR) is 185 cm³/mol. The van der Waals surface area contributed by atoms with Crippen molar-refractivity contribution in [1.29, 1.82) is 0 Å². The third kappa shape index (κ3) is 9.91. The van der Waals surface area contributed by atoms with Crippen LogP contribution >= 0.6 is 0 Å². The number of hydrogen-bond donors (Lipinski definition) is 2. The minimum Gasteiger partial charge on any atom is -0.404 e. The number of rotatable bonds is 11. The molecule has 1 aliphatic heterocycles. The number of nitrogens with one attached hydrogen (secondary N) is 1. The maximum atomic E-state index is 11.2. The van der Waals surface area contributed by atoms with Gasteiger partial charge in [0.05, 0.1) is 19.3 Å². The van der Waals surface area contributed by atoms with Crippen LogP contribution in [0.4, 0.5) is 0 Å². The van der Waals surface area contributed by atoms with Crippen molar-refractivity contribution >= 4 is 35.8 Å². The number of carbonyl (C=O) groups is 1. The molecular formula is C37H49N5O2. The maximum Gasteiger partial charge on any atom is 0.211 e. The molecule has 1 unspecified atom stereocenters.